The molecule has 1 aromatic carbocycles. The van der Waals surface area contributed by atoms with E-state index in [4.69, 9.17) is 4.74 Å². The fourth-order valence-corrected chi connectivity index (χ4v) is 3.86. The molecule has 26 heavy (non-hydrogen) atoms. The van der Waals surface area contributed by atoms with Crippen molar-refractivity contribution in [2.75, 3.05) is 31.1 Å². The molecule has 4 rings (SSSR count). The van der Waals surface area contributed by atoms with Gasteiger partial charge in [0.2, 0.25) is 5.91 Å². The van der Waals surface area contributed by atoms with E-state index in [2.05, 4.69) is 16.0 Å². The van der Waals surface area contributed by atoms with Gasteiger partial charge in [0.15, 0.2) is 0 Å². The molecule has 1 amide bonds. The number of nitrogens with zero attached hydrogens (tertiary/aromatic N) is 3. The quantitative estimate of drug-likeness (QED) is 0.803. The lowest BCUT2D eigenvalue weighted by atomic mass is 10.2. The minimum absolute atomic E-state index is 0.156. The van der Waals surface area contributed by atoms with E-state index < -0.39 is 0 Å². The van der Waals surface area contributed by atoms with Gasteiger partial charge >= 0.3 is 0 Å². The van der Waals surface area contributed by atoms with Gasteiger partial charge in [-0.1, -0.05) is 24.3 Å². The molecule has 1 saturated heterocycles. The van der Waals surface area contributed by atoms with Crippen LogP contribution in [0.1, 0.15) is 24.1 Å². The lowest BCUT2D eigenvalue weighted by molar-refractivity contribution is -0.120. The number of para-hydroxylation sites is 1. The Morgan fingerprint density at radius 2 is 2.12 bits per heavy atom. The molecule has 0 radical (unpaired) electrons. The molecule has 1 fully saturated rings. The summed E-state index contributed by atoms with van der Waals surface area (Å²) in [6.45, 7) is 3.44. The number of hydrogen-bond acceptors (Lipinski definition) is 4. The van der Waals surface area contributed by atoms with Gasteiger partial charge in [-0.25, -0.2) is 0 Å². The minimum atomic E-state index is 0.156. The van der Waals surface area contributed by atoms with Gasteiger partial charge in [0.1, 0.15) is 0 Å². The zero-order valence-electron chi connectivity index (χ0n) is 15.0. The first-order valence-electron chi connectivity index (χ1n) is 9.42. The van der Waals surface area contributed by atoms with E-state index in [0.717, 1.165) is 50.3 Å². The van der Waals surface area contributed by atoms with Gasteiger partial charge in [0.25, 0.3) is 0 Å². The predicted molar refractivity (Wildman–Crippen MR) is 101 cm³/mol. The van der Waals surface area contributed by atoms with Crippen LogP contribution in [0.4, 0.5) is 5.69 Å². The molecule has 2 aliphatic heterocycles. The minimum Gasteiger partial charge on any atom is -0.377 e. The molecular weight excluding hydrogens is 326 g/mol. The highest BCUT2D eigenvalue weighted by Gasteiger charge is 2.27. The second-order valence-electron chi connectivity index (χ2n) is 7.05. The van der Waals surface area contributed by atoms with E-state index >= 15 is 0 Å². The molecule has 0 N–H and O–H groups in total. The van der Waals surface area contributed by atoms with Crippen LogP contribution < -0.4 is 4.90 Å². The highest BCUT2D eigenvalue weighted by Crippen LogP contribution is 2.27. The molecule has 5 heteroatoms. The van der Waals surface area contributed by atoms with Gasteiger partial charge in [-0.3, -0.25) is 14.7 Å². The molecule has 3 heterocycles. The van der Waals surface area contributed by atoms with Crippen LogP contribution in [0.25, 0.3) is 0 Å². The van der Waals surface area contributed by atoms with E-state index in [0.29, 0.717) is 13.1 Å². The third-order valence-electron chi connectivity index (χ3n) is 5.14. The van der Waals surface area contributed by atoms with Gasteiger partial charge in [0, 0.05) is 38.1 Å². The number of anilines is 1. The zero-order valence-corrected chi connectivity index (χ0v) is 15.0. The summed E-state index contributed by atoms with van der Waals surface area (Å²) in [7, 11) is 0. The highest BCUT2D eigenvalue weighted by atomic mass is 16.5. The summed E-state index contributed by atoms with van der Waals surface area (Å²) in [6.07, 6.45) is 5.14. The summed E-state index contributed by atoms with van der Waals surface area (Å²) in [5.41, 5.74) is 3.31. The Kier molecular flexibility index (Phi) is 5.27. The number of hydrogen-bond donors (Lipinski definition) is 0. The van der Waals surface area contributed by atoms with Crippen molar-refractivity contribution < 1.29 is 9.53 Å². The molecule has 2 aromatic rings. The number of fused-ring (bicyclic) bond motifs is 1. The smallest absolute Gasteiger partial charge is 0.241 e. The Morgan fingerprint density at radius 3 is 2.92 bits per heavy atom. The number of rotatable bonds is 6. The van der Waals surface area contributed by atoms with Crippen LogP contribution >= 0.6 is 0 Å². The fraction of sp³-hybridized carbons (Fsp3) is 0.429. The van der Waals surface area contributed by atoms with Crippen LogP contribution in [-0.2, 0) is 22.5 Å². The van der Waals surface area contributed by atoms with E-state index in [1.165, 1.54) is 5.56 Å². The molecule has 2 aliphatic rings. The second-order valence-corrected chi connectivity index (χ2v) is 7.05. The lowest BCUT2D eigenvalue weighted by Crippen LogP contribution is -2.42. The number of benzene rings is 1. The number of carbonyl (C=O) groups is 1. The molecule has 1 unspecified atom stereocenters. The number of amides is 1. The molecule has 136 valence electrons. The van der Waals surface area contributed by atoms with Crippen molar-refractivity contribution in [1.29, 1.82) is 0 Å². The summed E-state index contributed by atoms with van der Waals surface area (Å²) in [5.74, 6) is 0.156. The number of aromatic nitrogens is 1. The first kappa shape index (κ1) is 17.2. The van der Waals surface area contributed by atoms with Gasteiger partial charge in [0.05, 0.1) is 18.3 Å². The average Bonchev–Trinajstić information content (AvgIpc) is 3.32. The van der Waals surface area contributed by atoms with Gasteiger partial charge < -0.3 is 9.64 Å². The maximum atomic E-state index is 13.0. The largest absolute Gasteiger partial charge is 0.377 e. The van der Waals surface area contributed by atoms with E-state index in [9.17, 15) is 4.79 Å². The van der Waals surface area contributed by atoms with E-state index in [1.54, 1.807) is 6.20 Å². The SMILES string of the molecule is O=C(CN(Cc1ccccn1)CC1CCCO1)N1CCc2ccccc21. The summed E-state index contributed by atoms with van der Waals surface area (Å²) in [5, 5.41) is 0. The van der Waals surface area contributed by atoms with Crippen molar-refractivity contribution in [2.24, 2.45) is 0 Å². The molecule has 0 bridgehead atoms. The molecule has 0 spiro atoms. The highest BCUT2D eigenvalue weighted by molar-refractivity contribution is 5.96. The van der Waals surface area contributed by atoms with Crippen molar-refractivity contribution in [1.82, 2.24) is 9.88 Å². The zero-order chi connectivity index (χ0) is 17.8. The molecule has 1 atom stereocenters. The summed E-state index contributed by atoms with van der Waals surface area (Å²) < 4.78 is 5.80. The average molecular weight is 351 g/mol. The number of carbonyl (C=O) groups excluding carboxylic acids is 1. The van der Waals surface area contributed by atoms with Crippen LogP contribution in [0.5, 0.6) is 0 Å². The van der Waals surface area contributed by atoms with E-state index in [1.807, 2.05) is 41.3 Å². The third-order valence-corrected chi connectivity index (χ3v) is 5.14. The topological polar surface area (TPSA) is 45.7 Å². The van der Waals surface area contributed by atoms with E-state index in [-0.39, 0.29) is 12.0 Å². The Bertz CT molecular complexity index is 744. The second kappa shape index (κ2) is 7.98. The van der Waals surface area contributed by atoms with Crippen molar-refractivity contribution in [2.45, 2.75) is 31.9 Å². The Balaban J connectivity index is 1.46. The third kappa shape index (κ3) is 3.94. The van der Waals surface area contributed by atoms with Gasteiger partial charge in [-0.2, -0.15) is 0 Å². The predicted octanol–water partition coefficient (Wildman–Crippen LogP) is 2.65. The summed E-state index contributed by atoms with van der Waals surface area (Å²) >= 11 is 0. The van der Waals surface area contributed by atoms with Gasteiger partial charge in [-0.15, -0.1) is 0 Å². The Labute approximate surface area is 154 Å². The molecule has 5 nitrogen and oxygen atoms in total. The Hall–Kier alpha value is -2.24. The number of ether oxygens (including phenoxy) is 1. The molecule has 0 aliphatic carbocycles. The maximum Gasteiger partial charge on any atom is 0.241 e. The molecular formula is C21H25N3O2. The molecule has 0 saturated carbocycles. The van der Waals surface area contributed by atoms with Crippen LogP contribution in [0.15, 0.2) is 48.7 Å². The fourth-order valence-electron chi connectivity index (χ4n) is 3.86. The first-order chi connectivity index (χ1) is 12.8. The lowest BCUT2D eigenvalue weighted by Gasteiger charge is -2.27. The van der Waals surface area contributed by atoms with Crippen LogP contribution in [-0.4, -0.2) is 48.1 Å². The Morgan fingerprint density at radius 1 is 1.23 bits per heavy atom. The number of pyridine rings is 1. The first-order valence-corrected chi connectivity index (χ1v) is 9.42. The van der Waals surface area contributed by atoms with Crippen molar-refractivity contribution in [3.8, 4) is 0 Å². The van der Waals surface area contributed by atoms with Crippen molar-refractivity contribution >= 4 is 11.6 Å². The molecule has 1 aromatic heterocycles. The van der Waals surface area contributed by atoms with Crippen molar-refractivity contribution in [3.63, 3.8) is 0 Å². The van der Waals surface area contributed by atoms with Crippen LogP contribution in [0, 0.1) is 0 Å². The maximum absolute atomic E-state index is 13.0. The standard InChI is InChI=1S/C21H25N3O2/c25-21(24-12-10-17-6-1-2-9-20(17)24)16-23(15-19-8-5-13-26-19)14-18-7-3-4-11-22-18/h1-4,6-7,9,11,19H,5,8,10,12-16H2. The van der Waals surface area contributed by atoms with Crippen molar-refractivity contribution in [3.05, 3.63) is 59.9 Å². The van der Waals surface area contributed by atoms with Gasteiger partial charge in [-0.05, 0) is 43.0 Å². The van der Waals surface area contributed by atoms with Crippen LogP contribution in [0.2, 0.25) is 0 Å². The summed E-state index contributed by atoms with van der Waals surface area (Å²) in [4.78, 5) is 21.5. The summed E-state index contributed by atoms with van der Waals surface area (Å²) in [6, 6.07) is 14.1. The monoisotopic (exact) mass is 351 g/mol. The normalized spacial score (nSPS) is 19.1. The van der Waals surface area contributed by atoms with Crippen LogP contribution in [0.3, 0.4) is 0 Å².